The van der Waals surface area contributed by atoms with Crippen LogP contribution in [0.5, 0.6) is 11.5 Å². The number of benzene rings is 3. The molecule has 0 spiro atoms. The van der Waals surface area contributed by atoms with Crippen LogP contribution in [-0.2, 0) is 17.8 Å². The van der Waals surface area contributed by atoms with Gasteiger partial charge in [0.05, 0.1) is 19.7 Å². The number of aromatic nitrogens is 2. The Hall–Kier alpha value is -4.64. The van der Waals surface area contributed by atoms with E-state index in [1.54, 1.807) is 42.5 Å². The van der Waals surface area contributed by atoms with Crippen molar-refractivity contribution in [3.63, 3.8) is 0 Å². The van der Waals surface area contributed by atoms with Gasteiger partial charge in [0.1, 0.15) is 17.4 Å². The first-order valence-electron chi connectivity index (χ1n) is 11.5. The lowest BCUT2D eigenvalue weighted by Gasteiger charge is -2.11. The maximum absolute atomic E-state index is 13.1. The summed E-state index contributed by atoms with van der Waals surface area (Å²) in [6.07, 6.45) is 1.42. The van der Waals surface area contributed by atoms with Gasteiger partial charge in [0.2, 0.25) is 11.0 Å². The van der Waals surface area contributed by atoms with Crippen molar-refractivity contribution < 1.29 is 23.5 Å². The Morgan fingerprint density at radius 3 is 2.53 bits per heavy atom. The minimum atomic E-state index is -0.389. The van der Waals surface area contributed by atoms with Gasteiger partial charge in [-0.05, 0) is 60.5 Å². The predicted octanol–water partition coefficient (Wildman–Crippen LogP) is 4.52. The smallest absolute Gasteiger partial charge is 0.257 e. The summed E-state index contributed by atoms with van der Waals surface area (Å²) in [5.41, 5.74) is 5.49. The van der Waals surface area contributed by atoms with E-state index < -0.39 is 0 Å². The van der Waals surface area contributed by atoms with Gasteiger partial charge >= 0.3 is 0 Å². The van der Waals surface area contributed by atoms with Crippen LogP contribution in [-0.4, -0.2) is 35.3 Å². The maximum Gasteiger partial charge on any atom is 0.257 e. The molecule has 38 heavy (non-hydrogen) atoms. The van der Waals surface area contributed by atoms with Gasteiger partial charge in [-0.1, -0.05) is 41.2 Å². The zero-order valence-electron chi connectivity index (χ0n) is 20.6. The lowest BCUT2D eigenvalue weighted by Crippen LogP contribution is -2.19. The second-order valence-corrected chi connectivity index (χ2v) is 9.18. The van der Waals surface area contributed by atoms with E-state index in [0.717, 1.165) is 22.5 Å². The van der Waals surface area contributed by atoms with Crippen LogP contribution in [0.25, 0.3) is 0 Å². The fourth-order valence-electron chi connectivity index (χ4n) is 3.23. The topological polar surface area (TPSA) is 115 Å². The summed E-state index contributed by atoms with van der Waals surface area (Å²) >= 11 is 1.11. The van der Waals surface area contributed by atoms with Crippen LogP contribution in [0.4, 0.5) is 9.52 Å². The Morgan fingerprint density at radius 1 is 1.03 bits per heavy atom. The number of halogens is 1. The zero-order valence-corrected chi connectivity index (χ0v) is 21.4. The minimum Gasteiger partial charge on any atom is -0.493 e. The van der Waals surface area contributed by atoms with E-state index in [1.807, 2.05) is 19.1 Å². The molecule has 11 heteroatoms. The third-order valence-electron chi connectivity index (χ3n) is 5.21. The van der Waals surface area contributed by atoms with Crippen LogP contribution in [0.15, 0.2) is 71.8 Å². The van der Waals surface area contributed by atoms with Gasteiger partial charge in [-0.25, -0.2) is 9.82 Å². The first-order chi connectivity index (χ1) is 18.4. The number of methoxy groups -OCH3 is 1. The second kappa shape index (κ2) is 12.5. The largest absolute Gasteiger partial charge is 0.493 e. The highest BCUT2D eigenvalue weighted by Gasteiger charge is 2.12. The molecule has 2 amide bonds. The maximum atomic E-state index is 13.1. The zero-order chi connectivity index (χ0) is 26.9. The first-order valence-corrected chi connectivity index (χ1v) is 12.3. The lowest BCUT2D eigenvalue weighted by molar-refractivity contribution is -0.120. The number of ether oxygens (including phenoxy) is 2. The number of carbonyl (C=O) groups is 2. The number of hydrazone groups is 1. The molecule has 3 aromatic carbocycles. The molecule has 0 aliphatic carbocycles. The van der Waals surface area contributed by atoms with Gasteiger partial charge in [0.25, 0.3) is 5.91 Å². The second-order valence-electron chi connectivity index (χ2n) is 8.12. The van der Waals surface area contributed by atoms with E-state index >= 15 is 0 Å². The summed E-state index contributed by atoms with van der Waals surface area (Å²) in [6.45, 7) is 2.19. The van der Waals surface area contributed by atoms with E-state index in [1.165, 1.54) is 25.5 Å². The minimum absolute atomic E-state index is 0.0467. The van der Waals surface area contributed by atoms with Crippen molar-refractivity contribution in [3.8, 4) is 11.5 Å². The Bertz CT molecular complexity index is 1440. The van der Waals surface area contributed by atoms with E-state index in [2.05, 4.69) is 26.0 Å². The summed E-state index contributed by atoms with van der Waals surface area (Å²) in [5.74, 6) is -0.00221. The molecule has 0 saturated carbocycles. The quantitative estimate of drug-likeness (QED) is 0.229. The van der Waals surface area contributed by atoms with Gasteiger partial charge < -0.3 is 9.47 Å². The summed E-state index contributed by atoms with van der Waals surface area (Å²) in [6, 6.07) is 18.4. The average Bonchev–Trinajstić information content (AvgIpc) is 3.35. The number of carbonyl (C=O) groups excluding carboxylic acids is 2. The highest BCUT2D eigenvalue weighted by molar-refractivity contribution is 7.15. The standard InChI is InChI=1S/C27H24FN5O4S/c1-17-3-8-20(9-4-17)26(35)30-27-33-32-25(38-27)14-24(34)31-29-15-19-7-12-22(23(13-19)36-2)37-16-18-5-10-21(28)11-6-18/h3-13,15H,14,16H2,1-2H3,(H,31,34)(H,30,33,35)/b29-15-. The molecular formula is C27H24FN5O4S. The van der Waals surface area contributed by atoms with Crippen LogP contribution in [0, 0.1) is 12.7 Å². The van der Waals surface area contributed by atoms with E-state index in [9.17, 15) is 14.0 Å². The third-order valence-corrected chi connectivity index (χ3v) is 6.05. The number of hydrogen-bond donors (Lipinski definition) is 2. The number of nitrogens with zero attached hydrogens (tertiary/aromatic N) is 3. The van der Waals surface area contributed by atoms with E-state index in [-0.39, 0.29) is 30.7 Å². The summed E-state index contributed by atoms with van der Waals surface area (Å²) in [5, 5.41) is 15.3. The molecule has 1 aromatic heterocycles. The SMILES string of the molecule is COc1cc(/C=N\NC(=O)Cc2nnc(NC(=O)c3ccc(C)cc3)s2)ccc1OCc1ccc(F)cc1. The van der Waals surface area contributed by atoms with E-state index in [4.69, 9.17) is 9.47 Å². The van der Waals surface area contributed by atoms with Gasteiger partial charge in [-0.15, -0.1) is 10.2 Å². The van der Waals surface area contributed by atoms with Gasteiger partial charge in [-0.3, -0.25) is 14.9 Å². The Labute approximate surface area is 222 Å². The molecule has 0 bridgehead atoms. The molecule has 2 N–H and O–H groups in total. The Morgan fingerprint density at radius 2 is 1.79 bits per heavy atom. The summed E-state index contributed by atoms with van der Waals surface area (Å²) in [7, 11) is 1.52. The first kappa shape index (κ1) is 26.4. The van der Waals surface area contributed by atoms with Crippen molar-refractivity contribution >= 4 is 34.5 Å². The van der Waals surface area contributed by atoms with Crippen LogP contribution in [0.3, 0.4) is 0 Å². The predicted molar refractivity (Wildman–Crippen MR) is 142 cm³/mol. The van der Waals surface area contributed by atoms with Gasteiger partial charge in [0.15, 0.2) is 11.5 Å². The molecule has 0 saturated heterocycles. The number of amides is 2. The summed E-state index contributed by atoms with van der Waals surface area (Å²) < 4.78 is 24.2. The monoisotopic (exact) mass is 533 g/mol. The van der Waals surface area contributed by atoms with Crippen LogP contribution in [0.1, 0.15) is 32.1 Å². The molecule has 4 aromatic rings. The molecule has 9 nitrogen and oxygen atoms in total. The van der Waals surface area contributed by atoms with E-state index in [0.29, 0.717) is 32.8 Å². The Balaban J connectivity index is 1.27. The number of anilines is 1. The van der Waals surface area contributed by atoms with Crippen molar-refractivity contribution in [2.24, 2.45) is 5.10 Å². The van der Waals surface area contributed by atoms with Crippen molar-refractivity contribution in [1.82, 2.24) is 15.6 Å². The van der Waals surface area contributed by atoms with Crippen molar-refractivity contribution in [3.05, 3.63) is 99.8 Å². The van der Waals surface area contributed by atoms with Gasteiger partial charge in [0, 0.05) is 5.56 Å². The molecule has 0 fully saturated rings. The fraction of sp³-hybridized carbons (Fsp3) is 0.148. The molecule has 0 aliphatic heterocycles. The normalized spacial score (nSPS) is 10.8. The summed E-state index contributed by atoms with van der Waals surface area (Å²) in [4.78, 5) is 24.6. The number of hydrogen-bond acceptors (Lipinski definition) is 8. The Kier molecular flexibility index (Phi) is 8.73. The van der Waals surface area contributed by atoms with Crippen LogP contribution >= 0.6 is 11.3 Å². The molecule has 1 heterocycles. The van der Waals surface area contributed by atoms with Crippen molar-refractivity contribution in [2.45, 2.75) is 20.0 Å². The van der Waals surface area contributed by atoms with Crippen molar-refractivity contribution in [2.75, 3.05) is 12.4 Å². The fourth-order valence-corrected chi connectivity index (χ4v) is 3.96. The molecule has 0 radical (unpaired) electrons. The van der Waals surface area contributed by atoms with Crippen LogP contribution in [0.2, 0.25) is 0 Å². The highest BCUT2D eigenvalue weighted by Crippen LogP contribution is 2.28. The van der Waals surface area contributed by atoms with Crippen LogP contribution < -0.4 is 20.2 Å². The third kappa shape index (κ3) is 7.43. The molecule has 0 atom stereocenters. The molecule has 194 valence electrons. The number of aryl methyl sites for hydroxylation is 1. The molecule has 4 rings (SSSR count). The van der Waals surface area contributed by atoms with Gasteiger partial charge in [-0.2, -0.15) is 5.10 Å². The highest BCUT2D eigenvalue weighted by atomic mass is 32.1. The molecule has 0 unspecified atom stereocenters. The lowest BCUT2D eigenvalue weighted by atomic mass is 10.1. The van der Waals surface area contributed by atoms with Crippen molar-refractivity contribution in [1.29, 1.82) is 0 Å². The molecular weight excluding hydrogens is 509 g/mol. The molecule has 0 aliphatic rings. The number of nitrogens with one attached hydrogen (secondary N) is 2. The average molecular weight is 534 g/mol. The number of rotatable bonds is 10.